The molecular formula is C9H10OS. The maximum absolute atomic E-state index is 5.46. The Morgan fingerprint density at radius 1 is 1.36 bits per heavy atom. The van der Waals surface area contributed by atoms with Crippen molar-refractivity contribution >= 4 is 12.6 Å². The van der Waals surface area contributed by atoms with E-state index in [0.29, 0.717) is 5.25 Å². The van der Waals surface area contributed by atoms with Crippen LogP contribution >= 0.6 is 12.6 Å². The van der Waals surface area contributed by atoms with Gasteiger partial charge in [0.2, 0.25) is 0 Å². The summed E-state index contributed by atoms with van der Waals surface area (Å²) in [4.78, 5) is 0. The summed E-state index contributed by atoms with van der Waals surface area (Å²) < 4.78 is 5.46. The zero-order valence-electron chi connectivity index (χ0n) is 6.16. The van der Waals surface area contributed by atoms with E-state index < -0.39 is 0 Å². The summed E-state index contributed by atoms with van der Waals surface area (Å²) in [5.74, 6) is 1.03. The fourth-order valence-electron chi connectivity index (χ4n) is 1.31. The lowest BCUT2D eigenvalue weighted by Gasteiger charge is -2.21. The molecule has 0 bridgehead atoms. The number of rotatable bonds is 0. The van der Waals surface area contributed by atoms with Crippen LogP contribution < -0.4 is 4.74 Å². The summed E-state index contributed by atoms with van der Waals surface area (Å²) in [6, 6.07) is 8.14. The molecule has 58 valence electrons. The molecule has 2 heteroatoms. The molecule has 1 heterocycles. The van der Waals surface area contributed by atoms with Gasteiger partial charge >= 0.3 is 0 Å². The normalized spacial score (nSPS) is 22.1. The van der Waals surface area contributed by atoms with E-state index in [4.69, 9.17) is 4.74 Å². The first-order valence-electron chi connectivity index (χ1n) is 3.75. The smallest absolute Gasteiger partial charge is 0.122 e. The van der Waals surface area contributed by atoms with Gasteiger partial charge in [-0.15, -0.1) is 0 Å². The van der Waals surface area contributed by atoms with Crippen LogP contribution in [0.15, 0.2) is 24.3 Å². The Morgan fingerprint density at radius 2 is 2.18 bits per heavy atom. The number of fused-ring (bicyclic) bond motifs is 1. The van der Waals surface area contributed by atoms with Crippen molar-refractivity contribution in [3.63, 3.8) is 0 Å². The van der Waals surface area contributed by atoms with Crippen molar-refractivity contribution in [2.24, 2.45) is 0 Å². The van der Waals surface area contributed by atoms with Gasteiger partial charge in [-0.3, -0.25) is 0 Å². The fraction of sp³-hybridized carbons (Fsp3) is 0.333. The molecule has 0 N–H and O–H groups in total. The Morgan fingerprint density at radius 3 is 3.09 bits per heavy atom. The van der Waals surface area contributed by atoms with Gasteiger partial charge in [0.05, 0.1) is 0 Å². The van der Waals surface area contributed by atoms with E-state index in [2.05, 4.69) is 18.7 Å². The van der Waals surface area contributed by atoms with Crippen LogP contribution in [0, 0.1) is 0 Å². The van der Waals surface area contributed by atoms with Crippen LogP contribution in [0.25, 0.3) is 0 Å². The summed E-state index contributed by atoms with van der Waals surface area (Å²) in [5.41, 5.74) is 1.28. The van der Waals surface area contributed by atoms with E-state index in [1.54, 1.807) is 0 Å². The van der Waals surface area contributed by atoms with Crippen LogP contribution in [0.3, 0.4) is 0 Å². The number of benzene rings is 1. The Balaban J connectivity index is 2.34. The molecule has 1 aliphatic rings. The van der Waals surface area contributed by atoms with E-state index >= 15 is 0 Å². The molecule has 0 saturated heterocycles. The topological polar surface area (TPSA) is 9.23 Å². The fourth-order valence-corrected chi connectivity index (χ4v) is 1.58. The van der Waals surface area contributed by atoms with E-state index in [1.165, 1.54) is 5.56 Å². The second-order valence-electron chi connectivity index (χ2n) is 2.78. The van der Waals surface area contributed by atoms with Gasteiger partial charge < -0.3 is 4.74 Å². The van der Waals surface area contributed by atoms with E-state index in [1.807, 2.05) is 18.2 Å². The van der Waals surface area contributed by atoms with Crippen molar-refractivity contribution in [2.75, 3.05) is 6.61 Å². The van der Waals surface area contributed by atoms with Gasteiger partial charge in [0.15, 0.2) is 0 Å². The summed E-state index contributed by atoms with van der Waals surface area (Å²) in [7, 11) is 0. The Bertz CT molecular complexity index is 259. The highest BCUT2D eigenvalue weighted by Crippen LogP contribution is 2.25. The summed E-state index contributed by atoms with van der Waals surface area (Å²) in [6.45, 7) is 0.736. The van der Waals surface area contributed by atoms with Crippen molar-refractivity contribution < 1.29 is 4.74 Å². The van der Waals surface area contributed by atoms with Crippen molar-refractivity contribution in [2.45, 2.75) is 11.7 Å². The number of hydrogen-bond donors (Lipinski definition) is 1. The molecule has 2 rings (SSSR count). The Labute approximate surface area is 71.8 Å². The minimum atomic E-state index is 0.366. The van der Waals surface area contributed by atoms with Crippen LogP contribution in [-0.4, -0.2) is 11.9 Å². The highest BCUT2D eigenvalue weighted by Gasteiger charge is 2.15. The van der Waals surface area contributed by atoms with Crippen LogP contribution in [0.5, 0.6) is 5.75 Å². The van der Waals surface area contributed by atoms with Crippen LogP contribution in [0.4, 0.5) is 0 Å². The Hall–Kier alpha value is -0.630. The SMILES string of the molecule is SC1COc2ccccc2C1. The van der Waals surface area contributed by atoms with Gasteiger partial charge in [0.25, 0.3) is 0 Å². The largest absolute Gasteiger partial charge is 0.492 e. The van der Waals surface area contributed by atoms with E-state index in [0.717, 1.165) is 18.8 Å². The first-order valence-corrected chi connectivity index (χ1v) is 4.26. The zero-order chi connectivity index (χ0) is 7.68. The quantitative estimate of drug-likeness (QED) is 0.579. The van der Waals surface area contributed by atoms with Gasteiger partial charge in [0, 0.05) is 5.25 Å². The average molecular weight is 166 g/mol. The van der Waals surface area contributed by atoms with E-state index in [-0.39, 0.29) is 0 Å². The summed E-state index contributed by atoms with van der Waals surface area (Å²) in [5, 5.41) is 0.366. The second kappa shape index (κ2) is 2.78. The second-order valence-corrected chi connectivity index (χ2v) is 3.51. The molecule has 0 aliphatic carbocycles. The maximum atomic E-state index is 5.46. The predicted octanol–water partition coefficient (Wildman–Crippen LogP) is 1.92. The molecule has 0 amide bonds. The van der Waals surface area contributed by atoms with Crippen molar-refractivity contribution in [1.82, 2.24) is 0 Å². The van der Waals surface area contributed by atoms with Crippen molar-refractivity contribution in [3.8, 4) is 5.75 Å². The third-order valence-corrected chi connectivity index (χ3v) is 2.19. The van der Waals surface area contributed by atoms with Crippen molar-refractivity contribution in [1.29, 1.82) is 0 Å². The standard InChI is InChI=1S/C9H10OS/c11-8-5-7-3-1-2-4-9(7)10-6-8/h1-4,8,11H,5-6H2. The molecule has 0 fully saturated rings. The Kier molecular flexibility index (Phi) is 1.78. The van der Waals surface area contributed by atoms with Gasteiger partial charge in [-0.2, -0.15) is 12.6 Å². The molecule has 0 aromatic heterocycles. The molecule has 1 unspecified atom stereocenters. The third kappa shape index (κ3) is 1.36. The lowest BCUT2D eigenvalue weighted by atomic mass is 10.1. The molecule has 1 nitrogen and oxygen atoms in total. The zero-order valence-corrected chi connectivity index (χ0v) is 7.05. The van der Waals surface area contributed by atoms with Gasteiger partial charge in [-0.05, 0) is 18.1 Å². The summed E-state index contributed by atoms with van der Waals surface area (Å²) >= 11 is 4.36. The van der Waals surface area contributed by atoms with Crippen LogP contribution in [0.2, 0.25) is 0 Å². The van der Waals surface area contributed by atoms with Gasteiger partial charge in [0.1, 0.15) is 12.4 Å². The molecular weight excluding hydrogens is 156 g/mol. The molecule has 1 aliphatic heterocycles. The molecule has 0 saturated carbocycles. The lowest BCUT2D eigenvalue weighted by molar-refractivity contribution is 0.295. The number of hydrogen-bond acceptors (Lipinski definition) is 2. The van der Waals surface area contributed by atoms with Gasteiger partial charge in [-0.25, -0.2) is 0 Å². The molecule has 0 spiro atoms. The highest BCUT2D eigenvalue weighted by atomic mass is 32.1. The molecule has 1 aromatic carbocycles. The minimum Gasteiger partial charge on any atom is -0.492 e. The summed E-state index contributed by atoms with van der Waals surface area (Å²) in [6.07, 6.45) is 1.03. The third-order valence-electron chi connectivity index (χ3n) is 1.86. The minimum absolute atomic E-state index is 0.366. The predicted molar refractivity (Wildman–Crippen MR) is 48.4 cm³/mol. The molecule has 11 heavy (non-hydrogen) atoms. The maximum Gasteiger partial charge on any atom is 0.122 e. The first-order chi connectivity index (χ1) is 5.36. The first kappa shape index (κ1) is 7.04. The number of thiol groups is 1. The highest BCUT2D eigenvalue weighted by molar-refractivity contribution is 7.81. The van der Waals surface area contributed by atoms with E-state index in [9.17, 15) is 0 Å². The number of para-hydroxylation sites is 1. The van der Waals surface area contributed by atoms with Crippen LogP contribution in [-0.2, 0) is 6.42 Å². The van der Waals surface area contributed by atoms with Crippen molar-refractivity contribution in [3.05, 3.63) is 29.8 Å². The van der Waals surface area contributed by atoms with Gasteiger partial charge in [-0.1, -0.05) is 18.2 Å². The lowest BCUT2D eigenvalue weighted by Crippen LogP contribution is -2.20. The van der Waals surface area contributed by atoms with Crippen LogP contribution in [0.1, 0.15) is 5.56 Å². The molecule has 1 aromatic rings. The molecule has 1 atom stereocenters. The monoisotopic (exact) mass is 166 g/mol. The number of ether oxygens (including phenoxy) is 1. The molecule has 0 radical (unpaired) electrons. The average Bonchev–Trinajstić information content (AvgIpc) is 2.04.